The third-order valence-electron chi connectivity index (χ3n) is 8.12. The van der Waals surface area contributed by atoms with Crippen molar-refractivity contribution >= 4 is 5.97 Å². The number of ether oxygens (including phenoxy) is 1. The molecule has 0 aromatic heterocycles. The molecular formula is C34H47NO2. The number of hydrogen-bond acceptors (Lipinski definition) is 3. The average molecular weight is 502 g/mol. The van der Waals surface area contributed by atoms with Crippen LogP contribution in [0.1, 0.15) is 143 Å². The van der Waals surface area contributed by atoms with E-state index in [0.717, 1.165) is 24.3 Å². The number of hydrogen-bond donors (Lipinski definition) is 0. The van der Waals surface area contributed by atoms with Crippen molar-refractivity contribution in [3.05, 3.63) is 64.7 Å². The summed E-state index contributed by atoms with van der Waals surface area (Å²) in [6, 6.07) is 15.8. The standard InChI is InChI=1S/C34H47NO2/c1-3-5-7-9-10-12-13-27-15-18-29(19-16-27)30-20-22-31(23-21-30)34(36)37-33-24-17-28(25-32(33)26-35)14-11-8-6-4-2/h17,20-25,27,29H,3-16,18-19H2,1-2H3. The van der Waals surface area contributed by atoms with Gasteiger partial charge in [0.05, 0.1) is 11.1 Å². The van der Waals surface area contributed by atoms with E-state index in [1.807, 2.05) is 24.3 Å². The maximum Gasteiger partial charge on any atom is 0.343 e. The van der Waals surface area contributed by atoms with Gasteiger partial charge in [-0.1, -0.05) is 96.3 Å². The number of esters is 1. The van der Waals surface area contributed by atoms with Gasteiger partial charge in [0.2, 0.25) is 0 Å². The zero-order valence-corrected chi connectivity index (χ0v) is 23.3. The summed E-state index contributed by atoms with van der Waals surface area (Å²) >= 11 is 0. The van der Waals surface area contributed by atoms with Gasteiger partial charge in [-0.15, -0.1) is 0 Å². The van der Waals surface area contributed by atoms with Crippen molar-refractivity contribution in [2.75, 3.05) is 0 Å². The molecule has 0 amide bonds. The van der Waals surface area contributed by atoms with Gasteiger partial charge in [-0.25, -0.2) is 4.79 Å². The summed E-state index contributed by atoms with van der Waals surface area (Å²) in [5.41, 5.74) is 3.42. The number of carbonyl (C=O) groups is 1. The Bertz CT molecular complexity index is 980. The number of carbonyl (C=O) groups excluding carboxylic acids is 1. The lowest BCUT2D eigenvalue weighted by Gasteiger charge is -2.29. The molecule has 0 radical (unpaired) electrons. The molecule has 2 aromatic rings. The van der Waals surface area contributed by atoms with Gasteiger partial charge >= 0.3 is 5.97 Å². The second-order valence-corrected chi connectivity index (χ2v) is 11.0. The third kappa shape index (κ3) is 9.66. The Balaban J connectivity index is 1.46. The van der Waals surface area contributed by atoms with Gasteiger partial charge in [-0.2, -0.15) is 5.26 Å². The molecular weight excluding hydrogens is 454 g/mol. The highest BCUT2D eigenvalue weighted by Gasteiger charge is 2.22. The molecule has 37 heavy (non-hydrogen) atoms. The molecule has 0 saturated heterocycles. The van der Waals surface area contributed by atoms with E-state index in [9.17, 15) is 10.1 Å². The van der Waals surface area contributed by atoms with Gasteiger partial charge < -0.3 is 4.74 Å². The van der Waals surface area contributed by atoms with E-state index in [-0.39, 0.29) is 0 Å². The molecule has 1 saturated carbocycles. The molecule has 3 rings (SSSR count). The molecule has 0 unspecified atom stereocenters. The summed E-state index contributed by atoms with van der Waals surface area (Å²) in [5, 5.41) is 9.59. The van der Waals surface area contributed by atoms with Crippen LogP contribution in [0.25, 0.3) is 0 Å². The average Bonchev–Trinajstić information content (AvgIpc) is 2.94. The Hall–Kier alpha value is -2.60. The van der Waals surface area contributed by atoms with E-state index in [0.29, 0.717) is 22.8 Å². The molecule has 3 heteroatoms. The Labute approximate surface area is 225 Å². The lowest BCUT2D eigenvalue weighted by Crippen LogP contribution is -2.14. The topological polar surface area (TPSA) is 50.1 Å². The highest BCUT2D eigenvalue weighted by molar-refractivity contribution is 5.91. The van der Waals surface area contributed by atoms with Crippen LogP contribution < -0.4 is 4.74 Å². The van der Waals surface area contributed by atoms with Gasteiger partial charge in [0, 0.05) is 0 Å². The molecule has 0 N–H and O–H groups in total. The van der Waals surface area contributed by atoms with Crippen LogP contribution in [0.5, 0.6) is 5.75 Å². The zero-order chi connectivity index (χ0) is 26.3. The Morgan fingerprint density at radius 1 is 0.838 bits per heavy atom. The Morgan fingerprint density at radius 3 is 2.16 bits per heavy atom. The second-order valence-electron chi connectivity index (χ2n) is 11.0. The first-order valence-corrected chi connectivity index (χ1v) is 15.0. The minimum absolute atomic E-state index is 0.345. The summed E-state index contributed by atoms with van der Waals surface area (Å²) in [7, 11) is 0. The lowest BCUT2D eigenvalue weighted by molar-refractivity contribution is 0.0734. The van der Waals surface area contributed by atoms with Gasteiger partial charge in [-0.3, -0.25) is 0 Å². The minimum Gasteiger partial charge on any atom is -0.422 e. The number of rotatable bonds is 15. The van der Waals surface area contributed by atoms with Crippen molar-refractivity contribution in [2.24, 2.45) is 5.92 Å². The van der Waals surface area contributed by atoms with Gasteiger partial charge in [0.25, 0.3) is 0 Å². The molecule has 200 valence electrons. The van der Waals surface area contributed by atoms with E-state index < -0.39 is 5.97 Å². The highest BCUT2D eigenvalue weighted by Crippen LogP contribution is 2.38. The summed E-state index contributed by atoms with van der Waals surface area (Å²) in [6.07, 6.45) is 20.6. The van der Waals surface area contributed by atoms with Crippen molar-refractivity contribution in [1.29, 1.82) is 5.26 Å². The molecule has 3 nitrogen and oxygen atoms in total. The molecule has 0 bridgehead atoms. The van der Waals surface area contributed by atoms with E-state index in [4.69, 9.17) is 4.74 Å². The fraction of sp³-hybridized carbons (Fsp3) is 0.588. The molecule has 1 aliphatic rings. The highest BCUT2D eigenvalue weighted by atomic mass is 16.5. The molecule has 0 heterocycles. The number of aryl methyl sites for hydroxylation is 1. The smallest absolute Gasteiger partial charge is 0.343 e. The van der Waals surface area contributed by atoms with Crippen LogP contribution in [0.2, 0.25) is 0 Å². The van der Waals surface area contributed by atoms with Gasteiger partial charge in [0.15, 0.2) is 0 Å². The van der Waals surface area contributed by atoms with Crippen molar-refractivity contribution in [3.63, 3.8) is 0 Å². The SMILES string of the molecule is CCCCCCCCC1CCC(c2ccc(C(=O)Oc3ccc(CCCCCC)cc3C#N)cc2)CC1. The number of benzene rings is 2. The van der Waals surface area contributed by atoms with Gasteiger partial charge in [-0.05, 0) is 85.8 Å². The van der Waals surface area contributed by atoms with Crippen molar-refractivity contribution < 1.29 is 9.53 Å². The van der Waals surface area contributed by atoms with E-state index >= 15 is 0 Å². The van der Waals surface area contributed by atoms with Crippen molar-refractivity contribution in [3.8, 4) is 11.8 Å². The van der Waals surface area contributed by atoms with E-state index in [1.165, 1.54) is 95.5 Å². The zero-order valence-electron chi connectivity index (χ0n) is 23.3. The van der Waals surface area contributed by atoms with Crippen LogP contribution in [-0.2, 0) is 6.42 Å². The maximum absolute atomic E-state index is 12.8. The van der Waals surface area contributed by atoms with E-state index in [1.54, 1.807) is 6.07 Å². The third-order valence-corrected chi connectivity index (χ3v) is 8.12. The summed E-state index contributed by atoms with van der Waals surface area (Å²) in [5.74, 6) is 1.44. The minimum atomic E-state index is -0.401. The fourth-order valence-electron chi connectivity index (χ4n) is 5.71. The van der Waals surface area contributed by atoms with Crippen LogP contribution in [0.15, 0.2) is 42.5 Å². The van der Waals surface area contributed by atoms with Crippen molar-refractivity contribution in [2.45, 2.75) is 122 Å². The molecule has 1 aliphatic carbocycles. The normalized spacial score (nSPS) is 17.3. The predicted octanol–water partition coefficient (Wildman–Crippen LogP) is 9.92. The maximum atomic E-state index is 12.8. The summed E-state index contributed by atoms with van der Waals surface area (Å²) in [6.45, 7) is 4.48. The van der Waals surface area contributed by atoms with Crippen LogP contribution in [-0.4, -0.2) is 5.97 Å². The van der Waals surface area contributed by atoms with E-state index in [2.05, 4.69) is 32.0 Å². The molecule has 2 aromatic carbocycles. The van der Waals surface area contributed by atoms with Crippen molar-refractivity contribution in [1.82, 2.24) is 0 Å². The summed E-state index contributed by atoms with van der Waals surface area (Å²) < 4.78 is 5.63. The fourth-order valence-corrected chi connectivity index (χ4v) is 5.71. The first-order chi connectivity index (χ1) is 18.1. The molecule has 0 spiro atoms. The number of nitriles is 1. The monoisotopic (exact) mass is 501 g/mol. The molecule has 0 aliphatic heterocycles. The van der Waals surface area contributed by atoms with Gasteiger partial charge in [0.1, 0.15) is 11.8 Å². The largest absolute Gasteiger partial charge is 0.422 e. The lowest BCUT2D eigenvalue weighted by atomic mass is 9.77. The Kier molecular flexibility index (Phi) is 12.7. The Morgan fingerprint density at radius 2 is 1.49 bits per heavy atom. The molecule has 1 fully saturated rings. The summed E-state index contributed by atoms with van der Waals surface area (Å²) in [4.78, 5) is 12.8. The molecule has 0 atom stereocenters. The number of nitrogens with zero attached hydrogens (tertiary/aromatic N) is 1. The van der Waals surface area contributed by atoms with Crippen LogP contribution in [0.3, 0.4) is 0 Å². The first kappa shape index (κ1) is 29.0. The van der Waals surface area contributed by atoms with Crippen LogP contribution >= 0.6 is 0 Å². The quantitative estimate of drug-likeness (QED) is 0.139. The first-order valence-electron chi connectivity index (χ1n) is 15.0. The van der Waals surface area contributed by atoms with Crippen LogP contribution in [0, 0.1) is 17.2 Å². The second kappa shape index (κ2) is 16.3. The number of unbranched alkanes of at least 4 members (excludes halogenated alkanes) is 8. The van der Waals surface area contributed by atoms with Crippen LogP contribution in [0.4, 0.5) is 0 Å². The predicted molar refractivity (Wildman–Crippen MR) is 153 cm³/mol.